The van der Waals surface area contributed by atoms with Crippen molar-refractivity contribution in [2.45, 2.75) is 39.2 Å². The van der Waals surface area contributed by atoms with Gasteiger partial charge in [0, 0.05) is 26.1 Å². The highest BCUT2D eigenvalue weighted by molar-refractivity contribution is 5.82. The summed E-state index contributed by atoms with van der Waals surface area (Å²) in [7, 11) is 1.46. The average molecular weight is 300 g/mol. The summed E-state index contributed by atoms with van der Waals surface area (Å²) < 4.78 is 5.29. The largest absolute Gasteiger partial charge is 0.444 e. The van der Waals surface area contributed by atoms with Crippen LogP contribution in [0.5, 0.6) is 0 Å². The highest BCUT2D eigenvalue weighted by Gasteiger charge is 2.29. The quantitative estimate of drug-likeness (QED) is 0.617. The van der Waals surface area contributed by atoms with Gasteiger partial charge in [-0.25, -0.2) is 15.0 Å². The summed E-state index contributed by atoms with van der Waals surface area (Å²) in [6.07, 6.45) is 0.728. The van der Waals surface area contributed by atoms with Gasteiger partial charge in [-0.2, -0.15) is 0 Å². The van der Waals surface area contributed by atoms with Gasteiger partial charge in [-0.1, -0.05) is 0 Å². The first-order valence-corrected chi connectivity index (χ1v) is 6.98. The summed E-state index contributed by atoms with van der Waals surface area (Å²) in [4.78, 5) is 36.3. The van der Waals surface area contributed by atoms with Gasteiger partial charge in [0.1, 0.15) is 5.60 Å². The van der Waals surface area contributed by atoms with Gasteiger partial charge >= 0.3 is 12.1 Å². The third-order valence-corrected chi connectivity index (χ3v) is 3.04. The van der Waals surface area contributed by atoms with Crippen LogP contribution in [0.15, 0.2) is 0 Å². The van der Waals surface area contributed by atoms with E-state index in [-0.39, 0.29) is 17.9 Å². The van der Waals surface area contributed by atoms with Crippen molar-refractivity contribution in [1.82, 2.24) is 21.1 Å². The highest BCUT2D eigenvalue weighted by Crippen LogP contribution is 2.19. The molecule has 0 bridgehead atoms. The Labute approximate surface area is 124 Å². The van der Waals surface area contributed by atoms with Gasteiger partial charge in [0.25, 0.3) is 0 Å². The number of hydrazine groups is 1. The molecule has 1 rings (SSSR count). The Bertz CT molecular complexity index is 397. The Kier molecular flexibility index (Phi) is 5.80. The monoisotopic (exact) mass is 300 g/mol. The van der Waals surface area contributed by atoms with E-state index in [0.29, 0.717) is 25.9 Å². The molecule has 1 aliphatic rings. The summed E-state index contributed by atoms with van der Waals surface area (Å²) >= 11 is 0. The number of rotatable bonds is 1. The molecule has 0 radical (unpaired) electrons. The molecule has 0 unspecified atom stereocenters. The Morgan fingerprint density at radius 1 is 1.10 bits per heavy atom. The summed E-state index contributed by atoms with van der Waals surface area (Å²) in [5, 5.41) is 2.33. The normalized spacial score (nSPS) is 16.1. The lowest BCUT2D eigenvalue weighted by Crippen LogP contribution is -2.50. The molecule has 0 aromatic rings. The Hall–Kier alpha value is -1.99. The molecule has 1 aliphatic heterocycles. The Morgan fingerprint density at radius 2 is 1.67 bits per heavy atom. The fourth-order valence-electron chi connectivity index (χ4n) is 1.93. The fraction of sp³-hybridized carbons (Fsp3) is 0.769. The van der Waals surface area contributed by atoms with E-state index in [4.69, 9.17) is 4.74 Å². The lowest BCUT2D eigenvalue weighted by molar-refractivity contribution is -0.127. The number of nitrogens with zero attached hydrogens (tertiary/aromatic N) is 1. The number of piperidine rings is 1. The van der Waals surface area contributed by atoms with Crippen LogP contribution < -0.4 is 16.2 Å². The van der Waals surface area contributed by atoms with Crippen molar-refractivity contribution in [2.75, 3.05) is 20.1 Å². The first kappa shape index (κ1) is 17.1. The number of carbonyl (C=O) groups excluding carboxylic acids is 3. The zero-order valence-corrected chi connectivity index (χ0v) is 13.0. The van der Waals surface area contributed by atoms with E-state index in [1.54, 1.807) is 4.90 Å². The standard InChI is InChI=1S/C13H24N4O4/c1-13(2,3)21-12(20)17-7-5-9(6-8-17)10(18)15-16-11(19)14-4/h9H,5-8H2,1-4H3,(H,15,18)(H2,14,16,19). The van der Waals surface area contributed by atoms with Gasteiger partial charge in [-0.05, 0) is 33.6 Å². The first-order valence-electron chi connectivity index (χ1n) is 6.98. The van der Waals surface area contributed by atoms with Crippen LogP contribution in [-0.4, -0.2) is 48.7 Å². The third-order valence-electron chi connectivity index (χ3n) is 3.04. The van der Waals surface area contributed by atoms with E-state index in [0.717, 1.165) is 0 Å². The van der Waals surface area contributed by atoms with Crippen LogP contribution in [0.2, 0.25) is 0 Å². The molecular weight excluding hydrogens is 276 g/mol. The van der Waals surface area contributed by atoms with Crippen LogP contribution in [-0.2, 0) is 9.53 Å². The average Bonchev–Trinajstić information content (AvgIpc) is 2.42. The molecule has 0 saturated carbocycles. The molecular formula is C13H24N4O4. The van der Waals surface area contributed by atoms with Crippen molar-refractivity contribution < 1.29 is 19.1 Å². The van der Waals surface area contributed by atoms with Crippen LogP contribution >= 0.6 is 0 Å². The van der Waals surface area contributed by atoms with Crippen LogP contribution in [0.4, 0.5) is 9.59 Å². The molecule has 0 aromatic heterocycles. The SMILES string of the molecule is CNC(=O)NNC(=O)C1CCN(C(=O)OC(C)(C)C)CC1. The number of hydrogen-bond donors (Lipinski definition) is 3. The fourth-order valence-corrected chi connectivity index (χ4v) is 1.93. The summed E-state index contributed by atoms with van der Waals surface area (Å²) in [5.74, 6) is -0.469. The van der Waals surface area contributed by atoms with E-state index in [1.807, 2.05) is 20.8 Å². The van der Waals surface area contributed by atoms with Crippen molar-refractivity contribution >= 4 is 18.0 Å². The first-order chi connectivity index (χ1) is 9.73. The van der Waals surface area contributed by atoms with E-state index in [1.165, 1.54) is 7.05 Å². The number of ether oxygens (including phenoxy) is 1. The molecule has 21 heavy (non-hydrogen) atoms. The minimum atomic E-state index is -0.525. The minimum absolute atomic E-state index is 0.221. The molecule has 4 amide bonds. The van der Waals surface area contributed by atoms with Gasteiger partial charge in [0.2, 0.25) is 5.91 Å². The lowest BCUT2D eigenvalue weighted by Gasteiger charge is -2.32. The molecule has 0 spiro atoms. The van der Waals surface area contributed by atoms with Gasteiger partial charge in [0.15, 0.2) is 0 Å². The van der Waals surface area contributed by atoms with Crippen molar-refractivity contribution in [3.8, 4) is 0 Å². The number of urea groups is 1. The second-order valence-electron chi connectivity index (χ2n) is 5.94. The molecule has 8 heteroatoms. The van der Waals surface area contributed by atoms with Gasteiger partial charge in [-0.3, -0.25) is 10.2 Å². The predicted octanol–water partition coefficient (Wildman–Crippen LogP) is 0.594. The van der Waals surface area contributed by atoms with Crippen molar-refractivity contribution in [1.29, 1.82) is 0 Å². The zero-order chi connectivity index (χ0) is 16.0. The maximum absolute atomic E-state index is 11.9. The number of likely N-dealkylation sites (tertiary alicyclic amines) is 1. The van der Waals surface area contributed by atoms with Crippen LogP contribution in [0, 0.1) is 5.92 Å². The number of hydrogen-bond acceptors (Lipinski definition) is 4. The third kappa shape index (κ3) is 5.88. The molecule has 0 atom stereocenters. The van der Waals surface area contributed by atoms with Crippen LogP contribution in [0.25, 0.3) is 0 Å². The van der Waals surface area contributed by atoms with E-state index in [9.17, 15) is 14.4 Å². The second kappa shape index (κ2) is 7.14. The summed E-state index contributed by atoms with van der Waals surface area (Å²) in [6, 6.07) is -0.477. The van der Waals surface area contributed by atoms with E-state index >= 15 is 0 Å². The maximum Gasteiger partial charge on any atom is 0.410 e. The molecule has 1 fully saturated rings. The second-order valence-corrected chi connectivity index (χ2v) is 5.94. The van der Waals surface area contributed by atoms with Crippen LogP contribution in [0.1, 0.15) is 33.6 Å². The molecule has 1 heterocycles. The van der Waals surface area contributed by atoms with Gasteiger partial charge in [-0.15, -0.1) is 0 Å². The van der Waals surface area contributed by atoms with Crippen molar-refractivity contribution in [3.63, 3.8) is 0 Å². The number of carbonyl (C=O) groups is 3. The van der Waals surface area contributed by atoms with Gasteiger partial charge < -0.3 is 15.0 Å². The zero-order valence-electron chi connectivity index (χ0n) is 13.0. The van der Waals surface area contributed by atoms with Crippen LogP contribution in [0.3, 0.4) is 0 Å². The topological polar surface area (TPSA) is 99.8 Å². The summed E-state index contributed by atoms with van der Waals surface area (Å²) in [5.41, 5.74) is 4.06. The van der Waals surface area contributed by atoms with E-state index in [2.05, 4.69) is 16.2 Å². The lowest BCUT2D eigenvalue weighted by atomic mass is 9.96. The van der Waals surface area contributed by atoms with E-state index < -0.39 is 11.6 Å². The number of amides is 4. The highest BCUT2D eigenvalue weighted by atomic mass is 16.6. The summed E-state index contributed by atoms with van der Waals surface area (Å²) in [6.45, 7) is 6.38. The molecule has 8 nitrogen and oxygen atoms in total. The molecule has 0 aliphatic carbocycles. The molecule has 3 N–H and O–H groups in total. The maximum atomic E-state index is 11.9. The predicted molar refractivity (Wildman–Crippen MR) is 76.3 cm³/mol. The van der Waals surface area contributed by atoms with Gasteiger partial charge in [0.05, 0.1) is 0 Å². The van der Waals surface area contributed by atoms with Crippen molar-refractivity contribution in [3.05, 3.63) is 0 Å². The smallest absolute Gasteiger partial charge is 0.410 e. The Morgan fingerprint density at radius 3 is 2.14 bits per heavy atom. The number of nitrogens with one attached hydrogen (secondary N) is 3. The van der Waals surface area contributed by atoms with Crippen molar-refractivity contribution in [2.24, 2.45) is 5.92 Å². The molecule has 120 valence electrons. The molecule has 0 aromatic carbocycles. The Balaban J connectivity index is 2.36. The minimum Gasteiger partial charge on any atom is -0.444 e. The molecule has 1 saturated heterocycles.